The molecule has 0 spiro atoms. The van der Waals surface area contributed by atoms with Gasteiger partial charge in [0, 0.05) is 11.3 Å². The Labute approximate surface area is 166 Å². The van der Waals surface area contributed by atoms with Crippen molar-refractivity contribution in [3.05, 3.63) is 59.4 Å². The predicted octanol–water partition coefficient (Wildman–Crippen LogP) is 3.19. The molecule has 1 aliphatic rings. The van der Waals surface area contributed by atoms with Gasteiger partial charge in [0.2, 0.25) is 0 Å². The maximum absolute atomic E-state index is 12.7. The van der Waals surface area contributed by atoms with E-state index in [1.165, 1.54) is 17.3 Å². The molecule has 0 fully saturated rings. The summed E-state index contributed by atoms with van der Waals surface area (Å²) in [5, 5.41) is 11.7. The van der Waals surface area contributed by atoms with E-state index >= 15 is 0 Å². The number of aryl methyl sites for hydroxylation is 2. The van der Waals surface area contributed by atoms with Gasteiger partial charge in [-0.2, -0.15) is 0 Å². The summed E-state index contributed by atoms with van der Waals surface area (Å²) in [6.07, 6.45) is 0. The third kappa shape index (κ3) is 3.63. The molecule has 7 nitrogen and oxygen atoms in total. The summed E-state index contributed by atoms with van der Waals surface area (Å²) in [4.78, 5) is 24.1. The van der Waals surface area contributed by atoms with Crippen LogP contribution in [0.3, 0.4) is 0 Å². The third-order valence-electron chi connectivity index (χ3n) is 4.35. The van der Waals surface area contributed by atoms with Crippen LogP contribution >= 0.6 is 11.8 Å². The molecule has 1 N–H and O–H groups in total. The Kier molecular flexibility index (Phi) is 4.87. The molecule has 8 heteroatoms. The van der Waals surface area contributed by atoms with E-state index in [2.05, 4.69) is 15.5 Å². The molecule has 0 radical (unpaired) electrons. The summed E-state index contributed by atoms with van der Waals surface area (Å²) in [6, 6.07) is 13.1. The van der Waals surface area contributed by atoms with Crippen molar-refractivity contribution in [2.75, 3.05) is 17.7 Å². The molecule has 2 heterocycles. The SMILES string of the molecule is Cc1ccc(-n2c(C)nnc2SCC(=O)c2ccc3c(c2)NC(=O)CO3)cc1. The Balaban J connectivity index is 1.51. The summed E-state index contributed by atoms with van der Waals surface area (Å²) >= 11 is 1.33. The molecule has 142 valence electrons. The van der Waals surface area contributed by atoms with Crippen LogP contribution in [0.5, 0.6) is 5.75 Å². The molecule has 1 amide bonds. The van der Waals surface area contributed by atoms with E-state index < -0.39 is 0 Å². The molecule has 1 aromatic heterocycles. The van der Waals surface area contributed by atoms with Crippen molar-refractivity contribution in [1.82, 2.24) is 14.8 Å². The second-order valence-electron chi connectivity index (χ2n) is 6.46. The fourth-order valence-corrected chi connectivity index (χ4v) is 3.79. The van der Waals surface area contributed by atoms with Gasteiger partial charge in [0.25, 0.3) is 5.91 Å². The van der Waals surface area contributed by atoms with Crippen LogP contribution in [0.2, 0.25) is 0 Å². The topological polar surface area (TPSA) is 86.1 Å². The van der Waals surface area contributed by atoms with Crippen LogP contribution in [0.4, 0.5) is 5.69 Å². The largest absolute Gasteiger partial charge is 0.482 e. The molecule has 0 aliphatic carbocycles. The van der Waals surface area contributed by atoms with Gasteiger partial charge in [0.05, 0.1) is 11.4 Å². The quantitative estimate of drug-likeness (QED) is 0.528. The number of anilines is 1. The lowest BCUT2D eigenvalue weighted by atomic mass is 10.1. The molecule has 3 aromatic rings. The number of hydrogen-bond donors (Lipinski definition) is 1. The van der Waals surface area contributed by atoms with Crippen molar-refractivity contribution in [3.8, 4) is 11.4 Å². The van der Waals surface area contributed by atoms with E-state index in [1.807, 2.05) is 42.7 Å². The Bertz CT molecular complexity index is 1060. The Morgan fingerprint density at radius 3 is 2.75 bits per heavy atom. The van der Waals surface area contributed by atoms with E-state index in [-0.39, 0.29) is 24.1 Å². The van der Waals surface area contributed by atoms with Crippen LogP contribution in [0.25, 0.3) is 5.69 Å². The number of hydrogen-bond acceptors (Lipinski definition) is 6. The predicted molar refractivity (Wildman–Crippen MR) is 106 cm³/mol. The van der Waals surface area contributed by atoms with Gasteiger partial charge in [-0.05, 0) is 44.2 Å². The van der Waals surface area contributed by atoms with Gasteiger partial charge in [-0.15, -0.1) is 10.2 Å². The first-order valence-corrected chi connectivity index (χ1v) is 9.71. The third-order valence-corrected chi connectivity index (χ3v) is 5.28. The second kappa shape index (κ2) is 7.47. The molecular formula is C20H18N4O3S. The van der Waals surface area contributed by atoms with E-state index in [1.54, 1.807) is 18.2 Å². The van der Waals surface area contributed by atoms with Crippen molar-refractivity contribution < 1.29 is 14.3 Å². The lowest BCUT2D eigenvalue weighted by molar-refractivity contribution is -0.118. The lowest BCUT2D eigenvalue weighted by Gasteiger charge is -2.18. The number of thioether (sulfide) groups is 1. The molecule has 0 unspecified atom stereocenters. The van der Waals surface area contributed by atoms with Gasteiger partial charge in [0.15, 0.2) is 17.5 Å². The summed E-state index contributed by atoms with van der Waals surface area (Å²) in [7, 11) is 0. The first kappa shape index (κ1) is 18.2. The zero-order valence-electron chi connectivity index (χ0n) is 15.4. The summed E-state index contributed by atoms with van der Waals surface area (Å²) in [5.74, 6) is 1.24. The molecule has 2 aromatic carbocycles. The van der Waals surface area contributed by atoms with E-state index in [0.717, 1.165) is 11.5 Å². The molecule has 1 aliphatic heterocycles. The number of nitrogens with one attached hydrogen (secondary N) is 1. The second-order valence-corrected chi connectivity index (χ2v) is 7.40. The zero-order valence-corrected chi connectivity index (χ0v) is 16.2. The van der Waals surface area contributed by atoms with Crippen LogP contribution in [0.15, 0.2) is 47.6 Å². The number of aromatic nitrogens is 3. The van der Waals surface area contributed by atoms with Crippen molar-refractivity contribution in [2.24, 2.45) is 0 Å². The van der Waals surface area contributed by atoms with Gasteiger partial charge in [-0.1, -0.05) is 29.5 Å². The first-order chi connectivity index (χ1) is 13.5. The summed E-state index contributed by atoms with van der Waals surface area (Å²) in [6.45, 7) is 3.90. The number of amides is 1. The highest BCUT2D eigenvalue weighted by Gasteiger charge is 2.19. The molecule has 0 bridgehead atoms. The number of rotatable bonds is 5. The minimum absolute atomic E-state index is 0.00976. The Morgan fingerprint density at radius 2 is 1.96 bits per heavy atom. The average Bonchev–Trinajstić information content (AvgIpc) is 3.06. The molecular weight excluding hydrogens is 376 g/mol. The van der Waals surface area contributed by atoms with Crippen LogP contribution in [-0.4, -0.2) is 38.8 Å². The summed E-state index contributed by atoms with van der Waals surface area (Å²) in [5.41, 5.74) is 3.15. The first-order valence-electron chi connectivity index (χ1n) is 8.73. The van der Waals surface area contributed by atoms with Gasteiger partial charge in [-0.25, -0.2) is 0 Å². The Hall–Kier alpha value is -3.13. The number of ether oxygens (including phenoxy) is 1. The Morgan fingerprint density at radius 1 is 1.18 bits per heavy atom. The zero-order chi connectivity index (χ0) is 19.7. The highest BCUT2D eigenvalue weighted by molar-refractivity contribution is 7.99. The maximum Gasteiger partial charge on any atom is 0.262 e. The molecule has 28 heavy (non-hydrogen) atoms. The van der Waals surface area contributed by atoms with Gasteiger partial charge in [0.1, 0.15) is 11.6 Å². The van der Waals surface area contributed by atoms with Gasteiger partial charge in [-0.3, -0.25) is 14.2 Å². The normalized spacial score (nSPS) is 12.9. The van der Waals surface area contributed by atoms with Crippen LogP contribution < -0.4 is 10.1 Å². The smallest absolute Gasteiger partial charge is 0.262 e. The maximum atomic E-state index is 12.7. The van der Waals surface area contributed by atoms with E-state index in [4.69, 9.17) is 4.74 Å². The number of carbonyl (C=O) groups is 2. The van der Waals surface area contributed by atoms with E-state index in [0.29, 0.717) is 22.2 Å². The van der Waals surface area contributed by atoms with E-state index in [9.17, 15) is 9.59 Å². The molecule has 0 saturated carbocycles. The number of fused-ring (bicyclic) bond motifs is 1. The fraction of sp³-hybridized carbons (Fsp3) is 0.200. The van der Waals surface area contributed by atoms with Crippen LogP contribution in [-0.2, 0) is 4.79 Å². The number of benzene rings is 2. The standard InChI is InChI=1S/C20H18N4O3S/c1-12-3-6-15(7-4-12)24-13(2)22-23-20(24)28-11-17(25)14-5-8-18-16(9-14)21-19(26)10-27-18/h3-9H,10-11H2,1-2H3,(H,21,26). The number of Topliss-reactive ketones (excluding diaryl/α,β-unsaturated/α-hetero) is 1. The molecule has 0 atom stereocenters. The number of nitrogens with zero attached hydrogens (tertiary/aromatic N) is 3. The molecule has 4 rings (SSSR count). The van der Waals surface area contributed by atoms with Crippen LogP contribution in [0, 0.1) is 13.8 Å². The number of carbonyl (C=O) groups excluding carboxylic acids is 2. The van der Waals surface area contributed by atoms with Crippen molar-refractivity contribution in [1.29, 1.82) is 0 Å². The van der Waals surface area contributed by atoms with Crippen molar-refractivity contribution >= 4 is 29.1 Å². The highest BCUT2D eigenvalue weighted by atomic mass is 32.2. The average molecular weight is 394 g/mol. The van der Waals surface area contributed by atoms with Crippen LogP contribution in [0.1, 0.15) is 21.7 Å². The van der Waals surface area contributed by atoms with Crippen molar-refractivity contribution in [2.45, 2.75) is 19.0 Å². The highest BCUT2D eigenvalue weighted by Crippen LogP contribution is 2.29. The van der Waals surface area contributed by atoms with Gasteiger partial charge < -0.3 is 10.1 Å². The minimum Gasteiger partial charge on any atom is -0.482 e. The molecule has 0 saturated heterocycles. The van der Waals surface area contributed by atoms with Crippen molar-refractivity contribution in [3.63, 3.8) is 0 Å². The fourth-order valence-electron chi connectivity index (χ4n) is 2.90. The monoisotopic (exact) mass is 394 g/mol. The minimum atomic E-state index is -0.229. The lowest BCUT2D eigenvalue weighted by Crippen LogP contribution is -2.25. The number of ketones is 1. The van der Waals surface area contributed by atoms with Gasteiger partial charge >= 0.3 is 0 Å². The summed E-state index contributed by atoms with van der Waals surface area (Å²) < 4.78 is 7.25.